The van der Waals surface area contributed by atoms with Gasteiger partial charge in [0.2, 0.25) is 11.8 Å². The van der Waals surface area contributed by atoms with E-state index in [9.17, 15) is 9.59 Å². The summed E-state index contributed by atoms with van der Waals surface area (Å²) in [5.74, 6) is 0.248. The maximum atomic E-state index is 12.1. The first-order valence-corrected chi connectivity index (χ1v) is 6.45. The minimum Gasteiger partial charge on any atom is -0.326 e. The number of hydrogen-bond donors (Lipinski definition) is 3. The number of hydrogen-bond acceptors (Lipinski definition) is 3. The Morgan fingerprint density at radius 2 is 1.89 bits per heavy atom. The van der Waals surface area contributed by atoms with E-state index in [1.165, 1.54) is 6.92 Å². The van der Waals surface area contributed by atoms with Crippen LogP contribution in [0.25, 0.3) is 0 Å². The maximum Gasteiger partial charge on any atom is 0.229 e. The number of benzene rings is 1. The van der Waals surface area contributed by atoms with Gasteiger partial charge < -0.3 is 16.0 Å². The van der Waals surface area contributed by atoms with Gasteiger partial charge in [-0.25, -0.2) is 0 Å². The number of rotatable bonds is 3. The highest BCUT2D eigenvalue weighted by atomic mass is 16.2. The van der Waals surface area contributed by atoms with Gasteiger partial charge in [0, 0.05) is 24.8 Å². The fourth-order valence-electron chi connectivity index (χ4n) is 2.27. The standard InChI is InChI=1S/C14H19N3O2/c1-9-7-15-8-13(9)14(19)17-12-5-3-4-11(6-12)16-10(2)18/h3-6,9,13,15H,7-8H2,1-2H3,(H,16,18)(H,17,19)/t9-,13-/m1/s1. The zero-order chi connectivity index (χ0) is 13.8. The maximum absolute atomic E-state index is 12.1. The lowest BCUT2D eigenvalue weighted by Crippen LogP contribution is -2.27. The summed E-state index contributed by atoms with van der Waals surface area (Å²) in [5, 5.41) is 8.80. The molecule has 1 aromatic rings. The highest BCUT2D eigenvalue weighted by Crippen LogP contribution is 2.20. The van der Waals surface area contributed by atoms with Crippen molar-refractivity contribution in [3.8, 4) is 0 Å². The third-order valence-electron chi connectivity index (χ3n) is 3.30. The highest BCUT2D eigenvalue weighted by Gasteiger charge is 2.29. The number of nitrogens with one attached hydrogen (secondary N) is 3. The molecule has 0 aromatic heterocycles. The van der Waals surface area contributed by atoms with Gasteiger partial charge in [-0.05, 0) is 30.7 Å². The Labute approximate surface area is 112 Å². The average molecular weight is 261 g/mol. The predicted octanol–water partition coefficient (Wildman–Crippen LogP) is 1.44. The molecule has 102 valence electrons. The first-order chi connectivity index (χ1) is 9.06. The summed E-state index contributed by atoms with van der Waals surface area (Å²) in [6, 6.07) is 7.16. The molecular formula is C14H19N3O2. The molecule has 0 unspecified atom stereocenters. The molecule has 1 fully saturated rings. The Kier molecular flexibility index (Phi) is 4.16. The van der Waals surface area contributed by atoms with Crippen LogP contribution in [0.2, 0.25) is 0 Å². The van der Waals surface area contributed by atoms with E-state index in [0.717, 1.165) is 13.1 Å². The lowest BCUT2D eigenvalue weighted by atomic mass is 9.97. The molecule has 19 heavy (non-hydrogen) atoms. The fourth-order valence-corrected chi connectivity index (χ4v) is 2.27. The van der Waals surface area contributed by atoms with E-state index in [1.54, 1.807) is 18.2 Å². The number of carbonyl (C=O) groups is 2. The van der Waals surface area contributed by atoms with Crippen molar-refractivity contribution < 1.29 is 9.59 Å². The van der Waals surface area contributed by atoms with Crippen molar-refractivity contribution in [1.29, 1.82) is 0 Å². The van der Waals surface area contributed by atoms with Crippen LogP contribution < -0.4 is 16.0 Å². The summed E-state index contributed by atoms with van der Waals surface area (Å²) in [4.78, 5) is 23.1. The summed E-state index contributed by atoms with van der Waals surface area (Å²) in [6.07, 6.45) is 0. The topological polar surface area (TPSA) is 70.2 Å². The van der Waals surface area contributed by atoms with Crippen LogP contribution >= 0.6 is 0 Å². The molecule has 1 saturated heterocycles. The normalized spacial score (nSPS) is 22.0. The van der Waals surface area contributed by atoms with Gasteiger partial charge in [-0.3, -0.25) is 9.59 Å². The average Bonchev–Trinajstić information content (AvgIpc) is 2.75. The molecule has 0 spiro atoms. The summed E-state index contributed by atoms with van der Waals surface area (Å²) in [5.41, 5.74) is 1.39. The van der Waals surface area contributed by atoms with E-state index in [-0.39, 0.29) is 17.7 Å². The molecule has 3 N–H and O–H groups in total. The second-order valence-electron chi connectivity index (χ2n) is 4.99. The quantitative estimate of drug-likeness (QED) is 0.771. The summed E-state index contributed by atoms with van der Waals surface area (Å²) < 4.78 is 0. The van der Waals surface area contributed by atoms with Crippen molar-refractivity contribution >= 4 is 23.2 Å². The van der Waals surface area contributed by atoms with Crippen LogP contribution in [0.1, 0.15) is 13.8 Å². The van der Waals surface area contributed by atoms with Crippen LogP contribution in [-0.2, 0) is 9.59 Å². The Bertz CT molecular complexity index is 487. The monoisotopic (exact) mass is 261 g/mol. The molecule has 1 aromatic carbocycles. The molecule has 2 atom stereocenters. The zero-order valence-corrected chi connectivity index (χ0v) is 11.2. The molecule has 5 nitrogen and oxygen atoms in total. The summed E-state index contributed by atoms with van der Waals surface area (Å²) in [7, 11) is 0. The smallest absolute Gasteiger partial charge is 0.229 e. The van der Waals surface area contributed by atoms with E-state index in [2.05, 4.69) is 22.9 Å². The zero-order valence-electron chi connectivity index (χ0n) is 11.2. The van der Waals surface area contributed by atoms with Crippen LogP contribution in [0.4, 0.5) is 11.4 Å². The predicted molar refractivity (Wildman–Crippen MR) is 74.9 cm³/mol. The van der Waals surface area contributed by atoms with Crippen molar-refractivity contribution in [2.75, 3.05) is 23.7 Å². The van der Waals surface area contributed by atoms with Gasteiger partial charge in [-0.15, -0.1) is 0 Å². The minimum absolute atomic E-state index is 0.00409. The highest BCUT2D eigenvalue weighted by molar-refractivity contribution is 5.94. The van der Waals surface area contributed by atoms with E-state index < -0.39 is 0 Å². The second kappa shape index (κ2) is 5.84. The van der Waals surface area contributed by atoms with Crippen LogP contribution in [0, 0.1) is 11.8 Å². The van der Waals surface area contributed by atoms with E-state index in [4.69, 9.17) is 0 Å². The van der Waals surface area contributed by atoms with Gasteiger partial charge in [0.15, 0.2) is 0 Å². The summed E-state index contributed by atoms with van der Waals surface area (Å²) >= 11 is 0. The van der Waals surface area contributed by atoms with Gasteiger partial charge in [0.1, 0.15) is 0 Å². The van der Waals surface area contributed by atoms with Crippen LogP contribution in [-0.4, -0.2) is 24.9 Å². The SMILES string of the molecule is CC(=O)Nc1cccc(NC(=O)[C@@H]2CNC[C@H]2C)c1. The van der Waals surface area contributed by atoms with E-state index in [1.807, 2.05) is 6.07 Å². The Hall–Kier alpha value is -1.88. The van der Waals surface area contributed by atoms with Gasteiger partial charge in [0.05, 0.1) is 5.92 Å². The first kappa shape index (κ1) is 13.5. The number of amides is 2. The molecule has 0 radical (unpaired) electrons. The molecule has 0 aliphatic carbocycles. The second-order valence-corrected chi connectivity index (χ2v) is 4.99. The van der Waals surface area contributed by atoms with Crippen LogP contribution in [0.15, 0.2) is 24.3 Å². The van der Waals surface area contributed by atoms with Crippen LogP contribution in [0.5, 0.6) is 0 Å². The third kappa shape index (κ3) is 3.54. The number of anilines is 2. The van der Waals surface area contributed by atoms with Crippen LogP contribution in [0.3, 0.4) is 0 Å². The largest absolute Gasteiger partial charge is 0.326 e. The third-order valence-corrected chi connectivity index (χ3v) is 3.30. The molecule has 1 heterocycles. The Morgan fingerprint density at radius 1 is 1.21 bits per heavy atom. The molecule has 5 heteroatoms. The van der Waals surface area contributed by atoms with E-state index >= 15 is 0 Å². The van der Waals surface area contributed by atoms with Gasteiger partial charge in [-0.1, -0.05) is 13.0 Å². The lowest BCUT2D eigenvalue weighted by molar-refractivity contribution is -0.120. The van der Waals surface area contributed by atoms with Crippen molar-refractivity contribution in [2.45, 2.75) is 13.8 Å². The minimum atomic E-state index is -0.128. The summed E-state index contributed by atoms with van der Waals surface area (Å²) in [6.45, 7) is 5.12. The van der Waals surface area contributed by atoms with Crippen molar-refractivity contribution in [3.63, 3.8) is 0 Å². The van der Waals surface area contributed by atoms with Crippen molar-refractivity contribution in [2.24, 2.45) is 11.8 Å². The molecule has 2 rings (SSSR count). The fraction of sp³-hybridized carbons (Fsp3) is 0.429. The molecule has 0 saturated carbocycles. The van der Waals surface area contributed by atoms with Crippen molar-refractivity contribution in [3.05, 3.63) is 24.3 Å². The van der Waals surface area contributed by atoms with E-state index in [0.29, 0.717) is 17.3 Å². The van der Waals surface area contributed by atoms with Gasteiger partial charge in [0.25, 0.3) is 0 Å². The molecule has 1 aliphatic rings. The van der Waals surface area contributed by atoms with Gasteiger partial charge in [-0.2, -0.15) is 0 Å². The molecule has 1 aliphatic heterocycles. The molecule has 2 amide bonds. The lowest BCUT2D eigenvalue weighted by Gasteiger charge is -2.14. The first-order valence-electron chi connectivity index (χ1n) is 6.45. The number of carbonyl (C=O) groups excluding carboxylic acids is 2. The molecule has 0 bridgehead atoms. The van der Waals surface area contributed by atoms with Crippen molar-refractivity contribution in [1.82, 2.24) is 5.32 Å². The van der Waals surface area contributed by atoms with Gasteiger partial charge >= 0.3 is 0 Å². The Morgan fingerprint density at radius 3 is 2.47 bits per heavy atom. The Balaban J connectivity index is 2.02. The molecular weight excluding hydrogens is 242 g/mol.